The molecule has 0 aromatic heterocycles. The molecule has 20 heavy (non-hydrogen) atoms. The van der Waals surface area contributed by atoms with Gasteiger partial charge in [-0.15, -0.1) is 0 Å². The Labute approximate surface area is 126 Å². The highest BCUT2D eigenvalue weighted by Gasteiger charge is 2.33. The maximum Gasteiger partial charge on any atom is 0.169 e. The Morgan fingerprint density at radius 3 is 2.30 bits per heavy atom. The largest absolute Gasteiger partial charge is 0.300 e. The molecule has 0 amide bonds. The number of hydrogen-bond acceptors (Lipinski definition) is 3. The summed E-state index contributed by atoms with van der Waals surface area (Å²) in [6, 6.07) is 9.66. The third kappa shape index (κ3) is 3.86. The molecule has 2 rings (SSSR count). The molecule has 3 heteroatoms. The molecule has 2 atom stereocenters. The minimum Gasteiger partial charge on any atom is -0.300 e. The molecule has 0 aliphatic carbocycles. The minimum absolute atomic E-state index is 0.247. The highest BCUT2D eigenvalue weighted by molar-refractivity contribution is 8.00. The molecule has 2 nitrogen and oxygen atoms in total. The van der Waals surface area contributed by atoms with Crippen molar-refractivity contribution in [3.63, 3.8) is 0 Å². The van der Waals surface area contributed by atoms with E-state index in [2.05, 4.69) is 32.6 Å². The number of carbonyl (C=O) groups excluding carboxylic acids is 1. The summed E-state index contributed by atoms with van der Waals surface area (Å²) in [5, 5.41) is 1.31. The first-order valence-corrected chi connectivity index (χ1v) is 8.30. The van der Waals surface area contributed by atoms with Crippen LogP contribution in [0.2, 0.25) is 0 Å². The van der Waals surface area contributed by atoms with Crippen molar-refractivity contribution >= 4 is 17.5 Å². The van der Waals surface area contributed by atoms with Crippen molar-refractivity contribution in [1.29, 1.82) is 0 Å². The summed E-state index contributed by atoms with van der Waals surface area (Å²) in [7, 11) is 0. The van der Waals surface area contributed by atoms with E-state index in [1.165, 1.54) is 0 Å². The number of benzene rings is 1. The van der Waals surface area contributed by atoms with Crippen molar-refractivity contribution in [1.82, 2.24) is 4.90 Å². The third-order valence-electron chi connectivity index (χ3n) is 3.76. The standard InChI is InChI=1S/C17H25NOS/c1-13-10-18(11-14(2)20-13)12-17(3,4)16(19)15-8-6-5-7-9-15/h5-9,13-14H,10-12H2,1-4H3. The zero-order valence-electron chi connectivity index (χ0n) is 12.9. The maximum absolute atomic E-state index is 12.7. The van der Waals surface area contributed by atoms with Gasteiger partial charge in [0.25, 0.3) is 0 Å². The first-order chi connectivity index (χ1) is 9.38. The molecular formula is C17H25NOS. The van der Waals surface area contributed by atoms with Crippen LogP contribution < -0.4 is 0 Å². The Morgan fingerprint density at radius 2 is 1.75 bits per heavy atom. The lowest BCUT2D eigenvalue weighted by atomic mass is 9.83. The zero-order valence-corrected chi connectivity index (χ0v) is 13.7. The Hall–Kier alpha value is -0.800. The molecule has 1 aromatic carbocycles. The van der Waals surface area contributed by atoms with Crippen molar-refractivity contribution in [2.45, 2.75) is 38.2 Å². The van der Waals surface area contributed by atoms with Gasteiger partial charge < -0.3 is 4.90 Å². The van der Waals surface area contributed by atoms with Crippen LogP contribution in [-0.4, -0.2) is 40.8 Å². The predicted molar refractivity (Wildman–Crippen MR) is 87.5 cm³/mol. The molecular weight excluding hydrogens is 266 g/mol. The maximum atomic E-state index is 12.7. The van der Waals surface area contributed by atoms with E-state index in [9.17, 15) is 4.79 Å². The second-order valence-electron chi connectivity index (χ2n) is 6.53. The van der Waals surface area contributed by atoms with Crippen molar-refractivity contribution in [2.24, 2.45) is 5.41 Å². The molecule has 1 heterocycles. The lowest BCUT2D eigenvalue weighted by Crippen LogP contribution is -2.46. The fourth-order valence-corrected chi connectivity index (χ4v) is 4.41. The van der Waals surface area contributed by atoms with Gasteiger partial charge in [0.05, 0.1) is 0 Å². The van der Waals surface area contributed by atoms with Gasteiger partial charge in [0.2, 0.25) is 0 Å². The number of carbonyl (C=O) groups is 1. The van der Waals surface area contributed by atoms with Crippen LogP contribution in [-0.2, 0) is 0 Å². The summed E-state index contributed by atoms with van der Waals surface area (Å²) in [5.74, 6) is 0.247. The van der Waals surface area contributed by atoms with E-state index >= 15 is 0 Å². The Bertz CT molecular complexity index is 447. The van der Waals surface area contributed by atoms with Crippen molar-refractivity contribution < 1.29 is 4.79 Å². The molecule has 1 fully saturated rings. The number of hydrogen-bond donors (Lipinski definition) is 0. The van der Waals surface area contributed by atoms with E-state index in [4.69, 9.17) is 0 Å². The first kappa shape index (κ1) is 15.6. The molecule has 0 spiro atoms. The van der Waals surface area contributed by atoms with Crippen LogP contribution in [0.5, 0.6) is 0 Å². The molecule has 0 saturated carbocycles. The second-order valence-corrected chi connectivity index (χ2v) is 8.41. The van der Waals surface area contributed by atoms with Gasteiger partial charge in [0.15, 0.2) is 5.78 Å². The van der Waals surface area contributed by atoms with E-state index in [1.807, 2.05) is 42.1 Å². The summed E-state index contributed by atoms with van der Waals surface area (Å²) in [6.45, 7) is 11.7. The summed E-state index contributed by atoms with van der Waals surface area (Å²) >= 11 is 2.05. The normalized spacial score (nSPS) is 24.6. The van der Waals surface area contributed by atoms with Gasteiger partial charge >= 0.3 is 0 Å². The number of Topliss-reactive ketones (excluding diaryl/α,β-unsaturated/α-hetero) is 1. The van der Waals surface area contributed by atoms with Crippen LogP contribution in [0.3, 0.4) is 0 Å². The van der Waals surface area contributed by atoms with Crippen LogP contribution in [0.4, 0.5) is 0 Å². The number of rotatable bonds is 4. The van der Waals surface area contributed by atoms with E-state index in [0.29, 0.717) is 10.5 Å². The van der Waals surface area contributed by atoms with Gasteiger partial charge in [-0.1, -0.05) is 58.0 Å². The molecule has 2 unspecified atom stereocenters. The van der Waals surface area contributed by atoms with Crippen LogP contribution in [0.25, 0.3) is 0 Å². The van der Waals surface area contributed by atoms with Crippen LogP contribution >= 0.6 is 11.8 Å². The topological polar surface area (TPSA) is 20.3 Å². The molecule has 0 bridgehead atoms. The van der Waals surface area contributed by atoms with Crippen LogP contribution in [0.15, 0.2) is 30.3 Å². The fourth-order valence-electron chi connectivity index (χ4n) is 3.02. The van der Waals surface area contributed by atoms with Crippen LogP contribution in [0, 0.1) is 5.41 Å². The molecule has 1 saturated heterocycles. The Kier molecular flexibility index (Phi) is 4.92. The molecule has 110 valence electrons. The third-order valence-corrected chi connectivity index (χ3v) is 4.99. The monoisotopic (exact) mass is 291 g/mol. The second kappa shape index (κ2) is 6.31. The number of thioether (sulfide) groups is 1. The molecule has 0 radical (unpaired) electrons. The summed E-state index contributed by atoms with van der Waals surface area (Å²) < 4.78 is 0. The lowest BCUT2D eigenvalue weighted by molar-refractivity contribution is 0.0762. The molecule has 1 aromatic rings. The first-order valence-electron chi connectivity index (χ1n) is 7.36. The van der Waals surface area contributed by atoms with E-state index < -0.39 is 0 Å². The van der Waals surface area contributed by atoms with Gasteiger partial charge in [-0.3, -0.25) is 4.79 Å². The van der Waals surface area contributed by atoms with E-state index in [1.54, 1.807) is 0 Å². The number of ketones is 1. The van der Waals surface area contributed by atoms with Gasteiger partial charge in [0.1, 0.15) is 0 Å². The SMILES string of the molecule is CC1CN(CC(C)(C)C(=O)c2ccccc2)CC(C)S1. The molecule has 1 aliphatic heterocycles. The number of nitrogens with zero attached hydrogens (tertiary/aromatic N) is 1. The smallest absolute Gasteiger partial charge is 0.169 e. The zero-order chi connectivity index (χ0) is 14.8. The predicted octanol–water partition coefficient (Wildman–Crippen LogP) is 3.72. The average molecular weight is 291 g/mol. The Morgan fingerprint density at radius 1 is 1.20 bits per heavy atom. The van der Waals surface area contributed by atoms with Gasteiger partial charge in [0, 0.05) is 41.1 Å². The summed E-state index contributed by atoms with van der Waals surface area (Å²) in [6.07, 6.45) is 0. The van der Waals surface area contributed by atoms with Crippen molar-refractivity contribution in [2.75, 3.05) is 19.6 Å². The van der Waals surface area contributed by atoms with Crippen LogP contribution in [0.1, 0.15) is 38.1 Å². The van der Waals surface area contributed by atoms with Crippen molar-refractivity contribution in [3.8, 4) is 0 Å². The van der Waals surface area contributed by atoms with Gasteiger partial charge in [-0.25, -0.2) is 0 Å². The molecule has 1 aliphatic rings. The lowest BCUT2D eigenvalue weighted by Gasteiger charge is -2.38. The Balaban J connectivity index is 2.05. The highest BCUT2D eigenvalue weighted by atomic mass is 32.2. The van der Waals surface area contributed by atoms with E-state index in [0.717, 1.165) is 25.2 Å². The van der Waals surface area contributed by atoms with Gasteiger partial charge in [-0.05, 0) is 0 Å². The molecule has 0 N–H and O–H groups in total. The van der Waals surface area contributed by atoms with Crippen molar-refractivity contribution in [3.05, 3.63) is 35.9 Å². The highest BCUT2D eigenvalue weighted by Crippen LogP contribution is 2.29. The summed E-state index contributed by atoms with van der Waals surface area (Å²) in [4.78, 5) is 15.1. The summed E-state index contributed by atoms with van der Waals surface area (Å²) in [5.41, 5.74) is 0.494. The fraction of sp³-hybridized carbons (Fsp3) is 0.588. The minimum atomic E-state index is -0.331. The van der Waals surface area contributed by atoms with Gasteiger partial charge in [-0.2, -0.15) is 11.8 Å². The van der Waals surface area contributed by atoms with E-state index in [-0.39, 0.29) is 11.2 Å². The quantitative estimate of drug-likeness (QED) is 0.789. The average Bonchev–Trinajstić information content (AvgIpc) is 2.37.